The summed E-state index contributed by atoms with van der Waals surface area (Å²) >= 11 is 0. The largest absolute Gasteiger partial charge is 0.450 e. The number of amides is 1. The molecule has 6 heteroatoms. The number of nitrogens with zero attached hydrogens (tertiary/aromatic N) is 1. The summed E-state index contributed by atoms with van der Waals surface area (Å²) in [6.45, 7) is 2.79. The Morgan fingerprint density at radius 2 is 2.00 bits per heavy atom. The molecule has 0 unspecified atom stereocenters. The molecule has 2 aromatic rings. The van der Waals surface area contributed by atoms with Crippen LogP contribution < -0.4 is 10.6 Å². The lowest BCUT2D eigenvalue weighted by Gasteiger charge is -2.07. The summed E-state index contributed by atoms with van der Waals surface area (Å²) in [6, 6.07) is 9.30. The average molecular weight is 260 g/mol. The second-order valence-electron chi connectivity index (χ2n) is 3.86. The molecular formula is C13H16N4O2. The number of nitrogens with one attached hydrogen (secondary N) is 3. The van der Waals surface area contributed by atoms with Crippen molar-refractivity contribution >= 4 is 17.5 Å². The monoisotopic (exact) mass is 260 g/mol. The lowest BCUT2D eigenvalue weighted by molar-refractivity contribution is 0.168. The summed E-state index contributed by atoms with van der Waals surface area (Å²) < 4.78 is 4.80. The first-order valence-corrected chi connectivity index (χ1v) is 6.04. The second-order valence-corrected chi connectivity index (χ2v) is 3.86. The van der Waals surface area contributed by atoms with Gasteiger partial charge in [-0.05, 0) is 37.3 Å². The van der Waals surface area contributed by atoms with Crippen molar-refractivity contribution in [3.05, 3.63) is 42.2 Å². The van der Waals surface area contributed by atoms with Crippen LogP contribution >= 0.6 is 0 Å². The van der Waals surface area contributed by atoms with E-state index < -0.39 is 6.09 Å². The van der Waals surface area contributed by atoms with Crippen molar-refractivity contribution in [3.8, 4) is 0 Å². The molecule has 1 aromatic carbocycles. The smallest absolute Gasteiger partial charge is 0.411 e. The number of carbonyl (C=O) groups excluding carboxylic acids is 1. The van der Waals surface area contributed by atoms with Gasteiger partial charge in [0.1, 0.15) is 0 Å². The first-order chi connectivity index (χ1) is 9.28. The molecule has 0 spiro atoms. The zero-order chi connectivity index (χ0) is 13.5. The van der Waals surface area contributed by atoms with Crippen LogP contribution in [0.4, 0.5) is 16.2 Å². The van der Waals surface area contributed by atoms with Gasteiger partial charge in [0.15, 0.2) is 0 Å². The predicted molar refractivity (Wildman–Crippen MR) is 73.0 cm³/mol. The van der Waals surface area contributed by atoms with Crippen LogP contribution in [0, 0.1) is 0 Å². The highest BCUT2D eigenvalue weighted by Gasteiger charge is 2.01. The van der Waals surface area contributed by atoms with Crippen molar-refractivity contribution in [1.82, 2.24) is 10.2 Å². The standard InChI is InChI=1S/C13H16N4O2/c1-2-19-13(18)16-11-5-3-10(4-6-11)14-9-12-7-8-15-17-12/h3-8,14H,2,9H2,1H3,(H,15,17)(H,16,18). The van der Waals surface area contributed by atoms with E-state index >= 15 is 0 Å². The van der Waals surface area contributed by atoms with Crippen LogP contribution in [0.3, 0.4) is 0 Å². The molecule has 2 rings (SSSR count). The average Bonchev–Trinajstić information content (AvgIpc) is 2.91. The van der Waals surface area contributed by atoms with Crippen molar-refractivity contribution in [3.63, 3.8) is 0 Å². The number of aromatic amines is 1. The molecule has 3 N–H and O–H groups in total. The van der Waals surface area contributed by atoms with Gasteiger partial charge in [-0.2, -0.15) is 5.10 Å². The fourth-order valence-corrected chi connectivity index (χ4v) is 1.54. The molecule has 0 atom stereocenters. The minimum atomic E-state index is -0.444. The van der Waals surface area contributed by atoms with Crippen LogP contribution in [0.15, 0.2) is 36.5 Å². The fraction of sp³-hybridized carbons (Fsp3) is 0.231. The Morgan fingerprint density at radius 3 is 2.63 bits per heavy atom. The van der Waals surface area contributed by atoms with Gasteiger partial charge in [-0.25, -0.2) is 4.79 Å². The van der Waals surface area contributed by atoms with E-state index in [-0.39, 0.29) is 0 Å². The zero-order valence-electron chi connectivity index (χ0n) is 10.6. The van der Waals surface area contributed by atoms with Crippen molar-refractivity contribution < 1.29 is 9.53 Å². The Balaban J connectivity index is 1.85. The quantitative estimate of drug-likeness (QED) is 0.772. The first-order valence-electron chi connectivity index (χ1n) is 6.04. The van der Waals surface area contributed by atoms with Crippen molar-refractivity contribution in [2.75, 3.05) is 17.2 Å². The lowest BCUT2D eigenvalue weighted by Crippen LogP contribution is -2.13. The maximum atomic E-state index is 11.2. The minimum absolute atomic E-state index is 0.357. The molecular weight excluding hydrogens is 244 g/mol. The van der Waals surface area contributed by atoms with Crippen LogP contribution in [0.5, 0.6) is 0 Å². The molecule has 0 fully saturated rings. The summed E-state index contributed by atoms with van der Waals surface area (Å²) in [5, 5.41) is 12.6. The van der Waals surface area contributed by atoms with Gasteiger partial charge in [-0.1, -0.05) is 0 Å². The summed E-state index contributed by atoms with van der Waals surface area (Å²) in [6.07, 6.45) is 1.27. The highest BCUT2D eigenvalue weighted by atomic mass is 16.5. The number of hydrogen-bond donors (Lipinski definition) is 3. The van der Waals surface area contributed by atoms with E-state index in [9.17, 15) is 4.79 Å². The molecule has 1 heterocycles. The molecule has 0 aliphatic heterocycles. The van der Waals surface area contributed by atoms with Crippen LogP contribution in [-0.2, 0) is 11.3 Å². The minimum Gasteiger partial charge on any atom is -0.450 e. The Morgan fingerprint density at radius 1 is 1.26 bits per heavy atom. The number of anilines is 2. The van der Waals surface area contributed by atoms with Crippen molar-refractivity contribution in [1.29, 1.82) is 0 Å². The Bertz CT molecular complexity index is 508. The van der Waals surface area contributed by atoms with Crippen LogP contribution in [0.1, 0.15) is 12.6 Å². The Labute approximate surface area is 111 Å². The molecule has 6 nitrogen and oxygen atoms in total. The number of H-pyrrole nitrogens is 1. The van der Waals surface area contributed by atoms with E-state index in [1.54, 1.807) is 13.1 Å². The number of hydrogen-bond acceptors (Lipinski definition) is 4. The topological polar surface area (TPSA) is 79.0 Å². The molecule has 0 bridgehead atoms. The summed E-state index contributed by atoms with van der Waals surface area (Å²) in [4.78, 5) is 11.2. The van der Waals surface area contributed by atoms with Gasteiger partial charge in [-0.15, -0.1) is 0 Å². The normalized spacial score (nSPS) is 9.95. The summed E-state index contributed by atoms with van der Waals surface area (Å²) in [7, 11) is 0. The molecule has 19 heavy (non-hydrogen) atoms. The van der Waals surface area contributed by atoms with Crippen LogP contribution in [0.2, 0.25) is 0 Å². The SMILES string of the molecule is CCOC(=O)Nc1ccc(NCc2ccn[nH]2)cc1. The highest BCUT2D eigenvalue weighted by Crippen LogP contribution is 2.14. The first kappa shape index (κ1) is 12.9. The van der Waals surface area contributed by atoms with Gasteiger partial charge in [-0.3, -0.25) is 10.4 Å². The third kappa shape index (κ3) is 4.02. The van der Waals surface area contributed by atoms with E-state index in [1.165, 1.54) is 0 Å². The molecule has 0 radical (unpaired) electrons. The second kappa shape index (κ2) is 6.44. The molecule has 1 amide bonds. The fourth-order valence-electron chi connectivity index (χ4n) is 1.54. The van der Waals surface area contributed by atoms with Crippen molar-refractivity contribution in [2.45, 2.75) is 13.5 Å². The number of ether oxygens (including phenoxy) is 1. The van der Waals surface area contributed by atoms with Gasteiger partial charge < -0.3 is 10.1 Å². The molecule has 0 saturated heterocycles. The van der Waals surface area contributed by atoms with Gasteiger partial charge in [0.05, 0.1) is 18.8 Å². The number of carbonyl (C=O) groups is 1. The van der Waals surface area contributed by atoms with Gasteiger partial charge in [0.25, 0.3) is 0 Å². The molecule has 0 aliphatic carbocycles. The summed E-state index contributed by atoms with van der Waals surface area (Å²) in [5.74, 6) is 0. The lowest BCUT2D eigenvalue weighted by atomic mass is 10.2. The molecule has 0 aliphatic rings. The molecule has 0 saturated carbocycles. The van der Waals surface area contributed by atoms with E-state index in [0.717, 1.165) is 11.4 Å². The van der Waals surface area contributed by atoms with E-state index in [1.807, 2.05) is 30.3 Å². The van der Waals surface area contributed by atoms with Crippen molar-refractivity contribution in [2.24, 2.45) is 0 Å². The van der Waals surface area contributed by atoms with E-state index in [0.29, 0.717) is 18.8 Å². The third-order valence-corrected chi connectivity index (χ3v) is 2.45. The summed E-state index contributed by atoms with van der Waals surface area (Å²) in [5.41, 5.74) is 2.67. The van der Waals surface area contributed by atoms with Gasteiger partial charge >= 0.3 is 6.09 Å². The number of aromatic nitrogens is 2. The van der Waals surface area contributed by atoms with E-state index in [4.69, 9.17) is 4.74 Å². The highest BCUT2D eigenvalue weighted by molar-refractivity contribution is 5.84. The Kier molecular flexibility index (Phi) is 4.39. The maximum absolute atomic E-state index is 11.2. The van der Waals surface area contributed by atoms with E-state index in [2.05, 4.69) is 20.8 Å². The van der Waals surface area contributed by atoms with Gasteiger partial charge in [0, 0.05) is 17.6 Å². The van der Waals surface area contributed by atoms with Gasteiger partial charge in [0.2, 0.25) is 0 Å². The molecule has 1 aromatic heterocycles. The van der Waals surface area contributed by atoms with Crippen LogP contribution in [0.25, 0.3) is 0 Å². The maximum Gasteiger partial charge on any atom is 0.411 e. The molecule has 100 valence electrons. The van der Waals surface area contributed by atoms with Crippen LogP contribution in [-0.4, -0.2) is 22.9 Å². The Hall–Kier alpha value is -2.50. The zero-order valence-corrected chi connectivity index (χ0v) is 10.6. The predicted octanol–water partition coefficient (Wildman–Crippen LogP) is 2.59. The number of rotatable bonds is 5. The number of benzene rings is 1. The third-order valence-electron chi connectivity index (χ3n) is 2.45.